The minimum absolute atomic E-state index is 0.286. The third kappa shape index (κ3) is 2.17. The lowest BCUT2D eigenvalue weighted by Gasteiger charge is -2.30. The molecule has 2 aromatic carbocycles. The monoisotopic (exact) mass is 278 g/mol. The molecule has 2 heterocycles. The zero-order valence-electron chi connectivity index (χ0n) is 11.3. The highest BCUT2D eigenvalue weighted by atomic mass is 16.7. The van der Waals surface area contributed by atoms with Crippen molar-refractivity contribution in [2.75, 3.05) is 11.6 Å². The second kappa shape index (κ2) is 5.03. The summed E-state index contributed by atoms with van der Waals surface area (Å²) in [5.41, 5.74) is 2.85. The Labute approximate surface area is 122 Å². The van der Waals surface area contributed by atoms with E-state index < -0.39 is 0 Å². The van der Waals surface area contributed by atoms with Crippen molar-refractivity contribution < 1.29 is 4.84 Å². The van der Waals surface area contributed by atoms with Crippen molar-refractivity contribution in [2.45, 2.75) is 6.23 Å². The Hall–Kier alpha value is -2.66. The predicted molar refractivity (Wildman–Crippen MR) is 80.6 cm³/mol. The van der Waals surface area contributed by atoms with E-state index in [4.69, 9.17) is 4.84 Å². The number of aromatic nitrogens is 3. The molecule has 1 aliphatic rings. The lowest BCUT2D eigenvalue weighted by atomic mass is 10.3. The number of para-hydroxylation sites is 2. The van der Waals surface area contributed by atoms with Crippen molar-refractivity contribution in [2.24, 2.45) is 0 Å². The van der Waals surface area contributed by atoms with E-state index in [1.807, 2.05) is 65.7 Å². The van der Waals surface area contributed by atoms with Gasteiger partial charge in [0, 0.05) is 0 Å². The predicted octanol–water partition coefficient (Wildman–Crippen LogP) is 2.94. The fraction of sp³-hybridized carbons (Fsp3) is 0.125. The van der Waals surface area contributed by atoms with Crippen LogP contribution < -0.4 is 5.06 Å². The van der Waals surface area contributed by atoms with Crippen molar-refractivity contribution in [3.05, 3.63) is 66.7 Å². The molecule has 1 unspecified atom stereocenters. The molecule has 0 amide bonds. The molecular weight excluding hydrogens is 264 g/mol. The van der Waals surface area contributed by atoms with Gasteiger partial charge in [0.2, 0.25) is 0 Å². The molecule has 0 saturated heterocycles. The van der Waals surface area contributed by atoms with Crippen molar-refractivity contribution >= 4 is 16.7 Å². The lowest BCUT2D eigenvalue weighted by Crippen LogP contribution is -2.31. The van der Waals surface area contributed by atoms with Crippen LogP contribution in [-0.4, -0.2) is 21.5 Å². The smallest absolute Gasteiger partial charge is 0.198 e. The Bertz CT molecular complexity index is 781. The zero-order valence-corrected chi connectivity index (χ0v) is 11.3. The van der Waals surface area contributed by atoms with Gasteiger partial charge in [-0.1, -0.05) is 41.6 Å². The van der Waals surface area contributed by atoms with Gasteiger partial charge in [-0.2, -0.15) is 0 Å². The van der Waals surface area contributed by atoms with Gasteiger partial charge < -0.3 is 0 Å². The first-order valence-corrected chi connectivity index (χ1v) is 6.88. The van der Waals surface area contributed by atoms with Gasteiger partial charge in [-0.05, 0) is 30.3 Å². The quantitative estimate of drug-likeness (QED) is 0.676. The molecule has 104 valence electrons. The van der Waals surface area contributed by atoms with E-state index in [-0.39, 0.29) is 6.23 Å². The minimum atomic E-state index is -0.286. The van der Waals surface area contributed by atoms with Crippen LogP contribution in [-0.2, 0) is 4.84 Å². The van der Waals surface area contributed by atoms with Crippen LogP contribution in [0, 0.1) is 0 Å². The van der Waals surface area contributed by atoms with E-state index in [1.54, 1.807) is 4.68 Å². The van der Waals surface area contributed by atoms with Crippen LogP contribution in [0.1, 0.15) is 6.23 Å². The summed E-state index contributed by atoms with van der Waals surface area (Å²) in [7, 11) is 0. The average molecular weight is 278 g/mol. The van der Waals surface area contributed by atoms with E-state index in [2.05, 4.69) is 16.4 Å². The molecule has 21 heavy (non-hydrogen) atoms. The van der Waals surface area contributed by atoms with Crippen molar-refractivity contribution in [3.63, 3.8) is 0 Å². The van der Waals surface area contributed by atoms with Gasteiger partial charge in [0.05, 0.1) is 17.7 Å². The highest BCUT2D eigenvalue weighted by Crippen LogP contribution is 2.25. The standard InChI is InChI=1S/C16H14N4O/c1-2-7-13(8-3-1)19-12-6-11-16(21-19)20-15-10-5-4-9-14(15)17-18-20/h1-11,16H,12H2. The summed E-state index contributed by atoms with van der Waals surface area (Å²) >= 11 is 0. The number of rotatable bonds is 2. The van der Waals surface area contributed by atoms with Gasteiger partial charge in [-0.15, -0.1) is 5.10 Å². The largest absolute Gasteiger partial charge is 0.248 e. The summed E-state index contributed by atoms with van der Waals surface area (Å²) in [6.07, 6.45) is 3.80. The summed E-state index contributed by atoms with van der Waals surface area (Å²) < 4.78 is 1.79. The van der Waals surface area contributed by atoms with Crippen molar-refractivity contribution in [3.8, 4) is 0 Å². The van der Waals surface area contributed by atoms with Crippen molar-refractivity contribution in [1.82, 2.24) is 15.0 Å². The molecule has 5 nitrogen and oxygen atoms in total. The molecule has 0 aliphatic carbocycles. The molecule has 4 rings (SSSR count). The van der Waals surface area contributed by atoms with Crippen LogP contribution in [0.3, 0.4) is 0 Å². The Kier molecular flexibility index (Phi) is 2.90. The maximum absolute atomic E-state index is 6.03. The SMILES string of the molecule is C1=CC(n2nnc3ccccc32)ON(c2ccccc2)C1. The summed E-state index contributed by atoms with van der Waals surface area (Å²) in [4.78, 5) is 6.03. The summed E-state index contributed by atoms with van der Waals surface area (Å²) in [5.74, 6) is 0. The normalized spacial score (nSPS) is 18.3. The molecule has 0 spiro atoms. The van der Waals surface area contributed by atoms with E-state index in [9.17, 15) is 0 Å². The first-order valence-electron chi connectivity index (χ1n) is 6.88. The van der Waals surface area contributed by atoms with E-state index >= 15 is 0 Å². The second-order valence-corrected chi connectivity index (χ2v) is 4.84. The Morgan fingerprint density at radius 3 is 2.71 bits per heavy atom. The van der Waals surface area contributed by atoms with Crippen LogP contribution in [0.4, 0.5) is 5.69 Å². The van der Waals surface area contributed by atoms with Gasteiger partial charge in [0.1, 0.15) is 5.52 Å². The maximum atomic E-state index is 6.03. The van der Waals surface area contributed by atoms with Crippen LogP contribution in [0.5, 0.6) is 0 Å². The van der Waals surface area contributed by atoms with Gasteiger partial charge in [-0.25, -0.2) is 14.6 Å². The Balaban J connectivity index is 1.67. The van der Waals surface area contributed by atoms with Crippen LogP contribution in [0.25, 0.3) is 11.0 Å². The van der Waals surface area contributed by atoms with Crippen LogP contribution >= 0.6 is 0 Å². The molecule has 1 atom stereocenters. The Morgan fingerprint density at radius 1 is 1.00 bits per heavy atom. The van der Waals surface area contributed by atoms with Gasteiger partial charge >= 0.3 is 0 Å². The van der Waals surface area contributed by atoms with Crippen LogP contribution in [0.15, 0.2) is 66.7 Å². The topological polar surface area (TPSA) is 43.2 Å². The highest BCUT2D eigenvalue weighted by Gasteiger charge is 2.20. The second-order valence-electron chi connectivity index (χ2n) is 4.84. The number of nitrogens with zero attached hydrogens (tertiary/aromatic N) is 4. The van der Waals surface area contributed by atoms with Crippen LogP contribution in [0.2, 0.25) is 0 Å². The summed E-state index contributed by atoms with van der Waals surface area (Å²) in [6, 6.07) is 17.9. The molecule has 0 fully saturated rings. The highest BCUT2D eigenvalue weighted by molar-refractivity contribution is 5.74. The average Bonchev–Trinajstić information content (AvgIpc) is 3.00. The molecule has 0 radical (unpaired) electrons. The first kappa shape index (κ1) is 12.1. The zero-order chi connectivity index (χ0) is 14.1. The molecule has 0 N–H and O–H groups in total. The number of hydroxylamine groups is 1. The molecule has 0 saturated carbocycles. The fourth-order valence-electron chi connectivity index (χ4n) is 2.44. The maximum Gasteiger partial charge on any atom is 0.198 e. The number of hydrogen-bond donors (Lipinski definition) is 0. The van der Waals surface area contributed by atoms with E-state index in [0.29, 0.717) is 6.54 Å². The molecule has 3 aromatic rings. The fourth-order valence-corrected chi connectivity index (χ4v) is 2.44. The van der Waals surface area contributed by atoms with E-state index in [0.717, 1.165) is 16.7 Å². The van der Waals surface area contributed by atoms with Gasteiger partial charge in [0.25, 0.3) is 0 Å². The summed E-state index contributed by atoms with van der Waals surface area (Å²) in [6.45, 7) is 0.715. The number of hydrogen-bond acceptors (Lipinski definition) is 4. The van der Waals surface area contributed by atoms with Gasteiger partial charge in [-0.3, -0.25) is 0 Å². The minimum Gasteiger partial charge on any atom is -0.248 e. The molecule has 1 aromatic heterocycles. The third-order valence-electron chi connectivity index (χ3n) is 3.47. The van der Waals surface area contributed by atoms with Gasteiger partial charge in [0.15, 0.2) is 6.23 Å². The molecule has 1 aliphatic heterocycles. The number of anilines is 1. The number of benzene rings is 2. The van der Waals surface area contributed by atoms with E-state index in [1.165, 1.54) is 0 Å². The van der Waals surface area contributed by atoms with Crippen molar-refractivity contribution in [1.29, 1.82) is 0 Å². The first-order chi connectivity index (χ1) is 10.4. The third-order valence-corrected chi connectivity index (χ3v) is 3.47. The Morgan fingerprint density at radius 2 is 1.81 bits per heavy atom. The summed E-state index contributed by atoms with van der Waals surface area (Å²) in [5, 5.41) is 10.2. The molecular formula is C16H14N4O. The lowest BCUT2D eigenvalue weighted by molar-refractivity contribution is 0.00769. The molecule has 0 bridgehead atoms. The number of fused-ring (bicyclic) bond motifs is 1. The molecule has 5 heteroatoms.